The van der Waals surface area contributed by atoms with Crippen LogP contribution in [-0.4, -0.2) is 96.7 Å². The average Bonchev–Trinajstić information content (AvgIpc) is 1.01. The SMILES string of the molecule is CCCCCC/C=C\C=C/CCCCCCCC(=O)O[C@H](COC(=O)CCCCCCCCC)COP(=O)(O)OC[C@H](O)COP(=O)(O)OC[C@@H](COC(=O)CCCCCCCCCCCCCCCCCCC)OC(=O)CCCCCCCCCCCCCCCCCCC(C)C. The molecule has 0 aliphatic carbocycles. The number of phosphoric ester groups is 2. The summed E-state index contributed by atoms with van der Waals surface area (Å²) in [5.74, 6) is -1.34. The Morgan fingerprint density at radius 3 is 0.837 bits per heavy atom. The van der Waals surface area contributed by atoms with Crippen LogP contribution in [0.4, 0.5) is 0 Å². The minimum atomic E-state index is -4.96. The summed E-state index contributed by atoms with van der Waals surface area (Å²) >= 11 is 0. The number of phosphoric acid groups is 2. The summed E-state index contributed by atoms with van der Waals surface area (Å²) < 4.78 is 68.5. The van der Waals surface area contributed by atoms with Gasteiger partial charge in [-0.15, -0.1) is 0 Å². The van der Waals surface area contributed by atoms with Crippen molar-refractivity contribution in [2.45, 2.75) is 412 Å². The van der Waals surface area contributed by atoms with Gasteiger partial charge in [-0.3, -0.25) is 37.3 Å². The number of hydrogen-bond donors (Lipinski definition) is 3. The predicted molar refractivity (Wildman–Crippen MR) is 400 cm³/mol. The van der Waals surface area contributed by atoms with E-state index in [-0.39, 0.29) is 25.7 Å². The lowest BCUT2D eigenvalue weighted by Crippen LogP contribution is -2.30. The molecule has 0 rings (SSSR count). The second-order valence-corrected chi connectivity index (χ2v) is 31.2. The van der Waals surface area contributed by atoms with Gasteiger partial charge in [-0.2, -0.15) is 0 Å². The van der Waals surface area contributed by atoms with Gasteiger partial charge in [0.15, 0.2) is 12.2 Å². The first kappa shape index (κ1) is 95.5. The van der Waals surface area contributed by atoms with E-state index in [0.29, 0.717) is 25.7 Å². The number of rotatable bonds is 77. The number of hydrogen-bond acceptors (Lipinski definition) is 15. The Morgan fingerprint density at radius 1 is 0.316 bits per heavy atom. The van der Waals surface area contributed by atoms with Crippen molar-refractivity contribution < 1.29 is 80.2 Å². The van der Waals surface area contributed by atoms with Gasteiger partial charge in [-0.25, -0.2) is 9.13 Å². The van der Waals surface area contributed by atoms with E-state index in [0.717, 1.165) is 121 Å². The number of allylic oxidation sites excluding steroid dienone is 4. The zero-order valence-electron chi connectivity index (χ0n) is 63.4. The molecule has 3 N–H and O–H groups in total. The highest BCUT2D eigenvalue weighted by Gasteiger charge is 2.30. The summed E-state index contributed by atoms with van der Waals surface area (Å²) in [5.41, 5.74) is 0. The van der Waals surface area contributed by atoms with E-state index in [1.165, 1.54) is 193 Å². The molecule has 0 bridgehead atoms. The lowest BCUT2D eigenvalue weighted by Gasteiger charge is -2.21. The first-order valence-electron chi connectivity index (χ1n) is 40.5. The zero-order valence-corrected chi connectivity index (χ0v) is 65.2. The number of aliphatic hydroxyl groups is 1. The van der Waals surface area contributed by atoms with Crippen LogP contribution in [0.15, 0.2) is 24.3 Å². The van der Waals surface area contributed by atoms with Crippen molar-refractivity contribution in [1.29, 1.82) is 0 Å². The fraction of sp³-hybridized carbons (Fsp3) is 0.899. The van der Waals surface area contributed by atoms with Gasteiger partial charge in [0.1, 0.15) is 19.3 Å². The number of ether oxygens (including phenoxy) is 4. The van der Waals surface area contributed by atoms with E-state index in [2.05, 4.69) is 58.9 Å². The summed E-state index contributed by atoms with van der Waals surface area (Å²) in [7, 11) is -9.92. The summed E-state index contributed by atoms with van der Waals surface area (Å²) in [4.78, 5) is 72.8. The van der Waals surface area contributed by atoms with Gasteiger partial charge < -0.3 is 33.8 Å². The molecule has 19 heteroatoms. The van der Waals surface area contributed by atoms with Crippen LogP contribution in [0, 0.1) is 5.92 Å². The van der Waals surface area contributed by atoms with Crippen LogP contribution in [-0.2, 0) is 65.4 Å². The molecule has 0 aliphatic heterocycles. The van der Waals surface area contributed by atoms with Crippen molar-refractivity contribution in [3.63, 3.8) is 0 Å². The van der Waals surface area contributed by atoms with Gasteiger partial charge in [0.25, 0.3) is 0 Å². The predicted octanol–water partition coefficient (Wildman–Crippen LogP) is 23.2. The smallest absolute Gasteiger partial charge is 0.462 e. The molecule has 0 aromatic heterocycles. The summed E-state index contributed by atoms with van der Waals surface area (Å²) in [6, 6.07) is 0. The van der Waals surface area contributed by atoms with Crippen molar-refractivity contribution in [2.75, 3.05) is 39.6 Å². The standard InChI is InChI=1S/C79H150O17P2/c1-6-9-12-15-18-20-22-24-26-27-32-35-39-43-48-53-58-63-77(82)90-69-75(96-79(84)65-60-55-50-45-41-37-33-29-28-31-34-38-42-47-51-56-61-72(4)5)71-94-98(87,88)92-67-73(80)66-91-97(85,86)93-70-74(68-89-76(81)62-57-52-46-17-14-11-8-3)95-78(83)64-59-54-49-44-40-36-30-25-23-21-19-16-13-10-7-2/h21,23,25,30,72-75,80H,6-20,22,24,26-29,31-71H2,1-5H3,(H,85,86)(H,87,88)/b23-21-,30-25-/t73-,74+,75+/m0/s1. The Labute approximate surface area is 599 Å². The van der Waals surface area contributed by atoms with Gasteiger partial charge in [0.05, 0.1) is 26.4 Å². The lowest BCUT2D eigenvalue weighted by atomic mass is 10.0. The third-order valence-corrected chi connectivity index (χ3v) is 19.8. The lowest BCUT2D eigenvalue weighted by molar-refractivity contribution is -0.161. The first-order chi connectivity index (χ1) is 47.5. The molecular formula is C79H150O17P2. The van der Waals surface area contributed by atoms with Gasteiger partial charge in [0, 0.05) is 25.7 Å². The molecule has 0 fully saturated rings. The van der Waals surface area contributed by atoms with Crippen LogP contribution < -0.4 is 0 Å². The van der Waals surface area contributed by atoms with Crippen LogP contribution in [0.2, 0.25) is 0 Å². The van der Waals surface area contributed by atoms with Crippen molar-refractivity contribution in [3.8, 4) is 0 Å². The highest BCUT2D eigenvalue weighted by molar-refractivity contribution is 7.47. The van der Waals surface area contributed by atoms with Crippen molar-refractivity contribution in [1.82, 2.24) is 0 Å². The molecular weight excluding hydrogens is 1280 g/mol. The summed E-state index contributed by atoms with van der Waals surface area (Å²) in [6.45, 7) is 7.24. The highest BCUT2D eigenvalue weighted by Crippen LogP contribution is 2.45. The molecule has 2 unspecified atom stereocenters. The van der Waals surface area contributed by atoms with E-state index >= 15 is 0 Å². The molecule has 0 saturated carbocycles. The van der Waals surface area contributed by atoms with Crippen molar-refractivity contribution in [2.24, 2.45) is 5.92 Å². The molecule has 0 heterocycles. The quantitative estimate of drug-likeness (QED) is 0.0169. The van der Waals surface area contributed by atoms with Gasteiger partial charge >= 0.3 is 39.5 Å². The van der Waals surface area contributed by atoms with Crippen molar-refractivity contribution in [3.05, 3.63) is 24.3 Å². The molecule has 0 spiro atoms. The second-order valence-electron chi connectivity index (χ2n) is 28.2. The molecule has 5 atom stereocenters. The Bertz CT molecular complexity index is 1970. The van der Waals surface area contributed by atoms with E-state index < -0.39 is 97.5 Å². The zero-order chi connectivity index (χ0) is 71.9. The fourth-order valence-corrected chi connectivity index (χ4v) is 13.3. The highest BCUT2D eigenvalue weighted by atomic mass is 31.2. The molecule has 0 amide bonds. The molecule has 17 nitrogen and oxygen atoms in total. The van der Waals surface area contributed by atoms with Crippen LogP contribution in [0.1, 0.15) is 394 Å². The molecule has 0 aromatic carbocycles. The monoisotopic (exact) mass is 1430 g/mol. The normalized spacial score (nSPS) is 14.1. The Morgan fingerprint density at radius 2 is 0.551 bits per heavy atom. The van der Waals surface area contributed by atoms with E-state index in [1.807, 2.05) is 0 Å². The Balaban J connectivity index is 5.21. The molecule has 0 aliphatic rings. The van der Waals surface area contributed by atoms with E-state index in [4.69, 9.17) is 37.0 Å². The third-order valence-electron chi connectivity index (χ3n) is 17.9. The molecule has 0 aromatic rings. The van der Waals surface area contributed by atoms with Crippen LogP contribution in [0.3, 0.4) is 0 Å². The van der Waals surface area contributed by atoms with Crippen molar-refractivity contribution >= 4 is 39.5 Å². The molecule has 98 heavy (non-hydrogen) atoms. The van der Waals surface area contributed by atoms with Crippen LogP contribution in [0.25, 0.3) is 0 Å². The minimum Gasteiger partial charge on any atom is -0.462 e. The first-order valence-corrected chi connectivity index (χ1v) is 43.4. The number of carbonyl (C=O) groups excluding carboxylic acids is 4. The number of carbonyl (C=O) groups is 4. The van der Waals surface area contributed by atoms with E-state index in [1.54, 1.807) is 0 Å². The average molecular weight is 1430 g/mol. The van der Waals surface area contributed by atoms with Crippen LogP contribution >= 0.6 is 15.6 Å². The summed E-state index contributed by atoms with van der Waals surface area (Å²) in [6.07, 6.45) is 64.8. The maximum Gasteiger partial charge on any atom is 0.472 e. The number of unbranched alkanes of at least 4 members (excludes halogenated alkanes) is 46. The Hall–Kier alpha value is -2.46. The van der Waals surface area contributed by atoms with Gasteiger partial charge in [-0.05, 0) is 57.3 Å². The minimum absolute atomic E-state index is 0.0850. The number of esters is 4. The second kappa shape index (κ2) is 71.5. The number of aliphatic hydroxyl groups excluding tert-OH is 1. The third kappa shape index (κ3) is 71.9. The van der Waals surface area contributed by atoms with Gasteiger partial charge in [0.2, 0.25) is 0 Å². The summed E-state index contributed by atoms with van der Waals surface area (Å²) in [5, 5.41) is 10.6. The largest absolute Gasteiger partial charge is 0.472 e. The maximum atomic E-state index is 13.1. The fourth-order valence-electron chi connectivity index (χ4n) is 11.7. The molecule has 0 radical (unpaired) electrons. The van der Waals surface area contributed by atoms with E-state index in [9.17, 15) is 43.2 Å². The van der Waals surface area contributed by atoms with Crippen LogP contribution in [0.5, 0.6) is 0 Å². The molecule has 0 saturated heterocycles. The Kier molecular flexibility index (Phi) is 69.7. The molecule has 578 valence electrons. The van der Waals surface area contributed by atoms with Gasteiger partial charge in [-0.1, -0.05) is 341 Å². The topological polar surface area (TPSA) is 237 Å². The maximum absolute atomic E-state index is 13.1.